The number of rotatable bonds is 3. The molecule has 0 aliphatic rings. The van der Waals surface area contributed by atoms with Crippen LogP contribution in [0.15, 0.2) is 46.8 Å². The number of nitrogens with two attached hydrogens (primary N) is 1. The van der Waals surface area contributed by atoms with Gasteiger partial charge in [0.2, 0.25) is 0 Å². The van der Waals surface area contributed by atoms with Crippen LogP contribution in [0.25, 0.3) is 10.2 Å². The molecule has 5 nitrogen and oxygen atoms in total. The summed E-state index contributed by atoms with van der Waals surface area (Å²) in [5, 5.41) is 0.387. The van der Waals surface area contributed by atoms with Gasteiger partial charge in [0.15, 0.2) is 0 Å². The minimum atomic E-state index is -3.76. The van der Waals surface area contributed by atoms with Gasteiger partial charge in [-0.1, -0.05) is 11.6 Å². The summed E-state index contributed by atoms with van der Waals surface area (Å²) in [7, 11) is -3.76. The maximum Gasteiger partial charge on any atom is 0.263 e. The van der Waals surface area contributed by atoms with Crippen LogP contribution in [-0.2, 0) is 10.0 Å². The Hall–Kier alpha value is -1.83. The van der Waals surface area contributed by atoms with Gasteiger partial charge in [0.05, 0.1) is 27.1 Å². The van der Waals surface area contributed by atoms with E-state index in [0.717, 1.165) is 10.2 Å². The SMILES string of the molecule is Nc1cc(Cl)ccc1S(=O)(=O)Nc1ccc2ncsc2c1. The van der Waals surface area contributed by atoms with E-state index in [0.29, 0.717) is 10.7 Å². The molecule has 8 heteroatoms. The van der Waals surface area contributed by atoms with Gasteiger partial charge >= 0.3 is 0 Å². The average molecular weight is 340 g/mol. The van der Waals surface area contributed by atoms with Gasteiger partial charge in [0.25, 0.3) is 10.0 Å². The van der Waals surface area contributed by atoms with Crippen molar-refractivity contribution < 1.29 is 8.42 Å². The van der Waals surface area contributed by atoms with Gasteiger partial charge in [-0.3, -0.25) is 4.72 Å². The maximum atomic E-state index is 12.4. The number of nitrogens with one attached hydrogen (secondary N) is 1. The molecule has 0 fully saturated rings. The summed E-state index contributed by atoms with van der Waals surface area (Å²) in [6.07, 6.45) is 0. The number of fused-ring (bicyclic) bond motifs is 1. The van der Waals surface area contributed by atoms with E-state index in [1.165, 1.54) is 29.5 Å². The van der Waals surface area contributed by atoms with Gasteiger partial charge in [-0.25, -0.2) is 13.4 Å². The molecule has 0 atom stereocenters. The van der Waals surface area contributed by atoms with Gasteiger partial charge in [0, 0.05) is 5.02 Å². The molecule has 0 saturated carbocycles. The van der Waals surface area contributed by atoms with Crippen molar-refractivity contribution in [2.75, 3.05) is 10.5 Å². The first kappa shape index (κ1) is 14.1. The Balaban J connectivity index is 1.98. The van der Waals surface area contributed by atoms with Crippen LogP contribution in [0.2, 0.25) is 5.02 Å². The minimum Gasteiger partial charge on any atom is -0.398 e. The van der Waals surface area contributed by atoms with E-state index < -0.39 is 10.0 Å². The Morgan fingerprint density at radius 3 is 2.76 bits per heavy atom. The number of benzene rings is 2. The average Bonchev–Trinajstić information content (AvgIpc) is 2.85. The Labute approximate surface area is 130 Å². The highest BCUT2D eigenvalue weighted by atomic mass is 35.5. The van der Waals surface area contributed by atoms with Gasteiger partial charge in [-0.05, 0) is 36.4 Å². The Bertz CT molecular complexity index is 922. The molecule has 1 aromatic heterocycles. The highest BCUT2D eigenvalue weighted by Crippen LogP contribution is 2.27. The molecule has 0 aliphatic carbocycles. The molecule has 108 valence electrons. The van der Waals surface area contributed by atoms with Crippen molar-refractivity contribution in [3.8, 4) is 0 Å². The van der Waals surface area contributed by atoms with Crippen LogP contribution in [0.3, 0.4) is 0 Å². The fraction of sp³-hybridized carbons (Fsp3) is 0. The molecule has 3 rings (SSSR count). The Morgan fingerprint density at radius 1 is 1.19 bits per heavy atom. The fourth-order valence-electron chi connectivity index (χ4n) is 1.89. The van der Waals surface area contributed by atoms with E-state index >= 15 is 0 Å². The predicted octanol–water partition coefficient (Wildman–Crippen LogP) is 3.33. The monoisotopic (exact) mass is 339 g/mol. The number of sulfonamides is 1. The van der Waals surface area contributed by atoms with Crippen LogP contribution in [0.1, 0.15) is 0 Å². The van der Waals surface area contributed by atoms with Gasteiger partial charge in [0.1, 0.15) is 4.90 Å². The second kappa shape index (κ2) is 5.18. The van der Waals surface area contributed by atoms with Crippen LogP contribution >= 0.6 is 22.9 Å². The zero-order chi connectivity index (χ0) is 15.0. The van der Waals surface area contributed by atoms with Crippen LogP contribution < -0.4 is 10.5 Å². The first-order valence-corrected chi connectivity index (χ1v) is 8.61. The molecule has 0 unspecified atom stereocenters. The lowest BCUT2D eigenvalue weighted by Gasteiger charge is -2.10. The molecule has 21 heavy (non-hydrogen) atoms. The number of hydrogen-bond acceptors (Lipinski definition) is 5. The van der Waals surface area contributed by atoms with Crippen LogP contribution in [0, 0.1) is 0 Å². The molecule has 0 saturated heterocycles. The number of aromatic nitrogens is 1. The summed E-state index contributed by atoms with van der Waals surface area (Å²) in [6, 6.07) is 9.42. The second-order valence-electron chi connectivity index (χ2n) is 4.32. The standard InChI is InChI=1S/C13H10ClN3O2S2/c14-8-1-4-13(10(15)5-8)21(18,19)17-9-2-3-11-12(6-9)20-7-16-11/h1-7,17H,15H2. The fourth-order valence-corrected chi connectivity index (χ4v) is 3.95. The van der Waals surface area contributed by atoms with Crippen molar-refractivity contribution in [2.45, 2.75) is 4.90 Å². The van der Waals surface area contributed by atoms with E-state index in [1.807, 2.05) is 0 Å². The number of halogens is 1. The van der Waals surface area contributed by atoms with Gasteiger partial charge < -0.3 is 5.73 Å². The summed E-state index contributed by atoms with van der Waals surface area (Å²) < 4.78 is 28.1. The quantitative estimate of drug-likeness (QED) is 0.717. The lowest BCUT2D eigenvalue weighted by atomic mass is 10.3. The number of hydrogen-bond donors (Lipinski definition) is 2. The number of anilines is 2. The molecule has 0 aliphatic heterocycles. The van der Waals surface area contributed by atoms with E-state index in [1.54, 1.807) is 23.7 Å². The van der Waals surface area contributed by atoms with Crippen molar-refractivity contribution in [3.05, 3.63) is 46.9 Å². The normalized spacial score (nSPS) is 11.7. The molecule has 1 heterocycles. The van der Waals surface area contributed by atoms with Crippen LogP contribution in [0.4, 0.5) is 11.4 Å². The topological polar surface area (TPSA) is 85.1 Å². The largest absolute Gasteiger partial charge is 0.398 e. The van der Waals surface area contributed by atoms with Crippen molar-refractivity contribution >= 4 is 54.6 Å². The summed E-state index contributed by atoms with van der Waals surface area (Å²) in [5.41, 5.74) is 8.82. The molecule has 0 radical (unpaired) electrons. The molecule has 0 amide bonds. The zero-order valence-electron chi connectivity index (χ0n) is 10.6. The van der Waals surface area contributed by atoms with Gasteiger partial charge in [-0.15, -0.1) is 11.3 Å². The lowest BCUT2D eigenvalue weighted by Crippen LogP contribution is -2.14. The lowest BCUT2D eigenvalue weighted by molar-refractivity contribution is 0.601. The third-order valence-corrected chi connectivity index (χ3v) is 5.33. The highest BCUT2D eigenvalue weighted by molar-refractivity contribution is 7.92. The first-order valence-electron chi connectivity index (χ1n) is 5.87. The molecule has 0 bridgehead atoms. The van der Waals surface area contributed by atoms with E-state index in [9.17, 15) is 8.42 Å². The third-order valence-electron chi connectivity index (χ3n) is 2.84. The summed E-state index contributed by atoms with van der Waals surface area (Å²) in [5.74, 6) is 0. The molecule has 3 N–H and O–H groups in total. The van der Waals surface area contributed by atoms with Crippen molar-refractivity contribution in [2.24, 2.45) is 0 Å². The van der Waals surface area contributed by atoms with Crippen molar-refractivity contribution in [1.29, 1.82) is 0 Å². The van der Waals surface area contributed by atoms with Crippen LogP contribution in [0.5, 0.6) is 0 Å². The zero-order valence-corrected chi connectivity index (χ0v) is 13.0. The van der Waals surface area contributed by atoms with Crippen LogP contribution in [-0.4, -0.2) is 13.4 Å². The Morgan fingerprint density at radius 2 is 2.00 bits per heavy atom. The smallest absolute Gasteiger partial charge is 0.263 e. The van der Waals surface area contributed by atoms with E-state index in [-0.39, 0.29) is 10.6 Å². The van der Waals surface area contributed by atoms with Crippen molar-refractivity contribution in [3.63, 3.8) is 0 Å². The second-order valence-corrected chi connectivity index (χ2v) is 7.30. The minimum absolute atomic E-state index is 0.00342. The summed E-state index contributed by atoms with van der Waals surface area (Å²) >= 11 is 7.22. The maximum absolute atomic E-state index is 12.4. The highest BCUT2D eigenvalue weighted by Gasteiger charge is 2.18. The summed E-state index contributed by atoms with van der Waals surface area (Å²) in [6.45, 7) is 0. The number of nitrogens with zero attached hydrogens (tertiary/aromatic N) is 1. The molecule has 3 aromatic rings. The number of thiazole rings is 1. The van der Waals surface area contributed by atoms with Crippen molar-refractivity contribution in [1.82, 2.24) is 4.98 Å². The first-order chi connectivity index (χ1) is 9.95. The summed E-state index contributed by atoms with van der Waals surface area (Å²) in [4.78, 5) is 4.14. The third kappa shape index (κ3) is 2.80. The molecular weight excluding hydrogens is 330 g/mol. The van der Waals surface area contributed by atoms with Gasteiger partial charge in [-0.2, -0.15) is 0 Å². The Kier molecular flexibility index (Phi) is 3.48. The number of nitrogen functional groups attached to an aromatic ring is 1. The molecular formula is C13H10ClN3O2S2. The predicted molar refractivity (Wildman–Crippen MR) is 86.3 cm³/mol. The molecule has 0 spiro atoms. The van der Waals surface area contributed by atoms with E-state index in [4.69, 9.17) is 17.3 Å². The molecule has 2 aromatic carbocycles. The van der Waals surface area contributed by atoms with E-state index in [2.05, 4.69) is 9.71 Å².